The monoisotopic (exact) mass is 261 g/mol. The van der Waals surface area contributed by atoms with Gasteiger partial charge in [0.05, 0.1) is 6.54 Å². The first-order chi connectivity index (χ1) is 9.20. The highest BCUT2D eigenvalue weighted by molar-refractivity contribution is 5.77. The van der Waals surface area contributed by atoms with Crippen molar-refractivity contribution in [3.05, 3.63) is 29.3 Å². The van der Waals surface area contributed by atoms with Crippen molar-refractivity contribution in [3.63, 3.8) is 0 Å². The molecule has 2 N–H and O–H groups in total. The molecule has 19 heavy (non-hydrogen) atoms. The van der Waals surface area contributed by atoms with Crippen molar-refractivity contribution in [1.29, 1.82) is 0 Å². The zero-order chi connectivity index (χ0) is 13.7. The highest BCUT2D eigenvalue weighted by atomic mass is 16.1. The minimum absolute atomic E-state index is 0.0557. The maximum Gasteiger partial charge on any atom is 0.233 e. The molecule has 4 heteroatoms. The summed E-state index contributed by atoms with van der Waals surface area (Å²) in [5, 5.41) is 5.96. The number of hydrogen-bond acceptors (Lipinski definition) is 3. The molecule has 0 spiro atoms. The first-order valence-corrected chi connectivity index (χ1v) is 7.01. The Bertz CT molecular complexity index is 445. The molecule has 0 saturated carbocycles. The van der Waals surface area contributed by atoms with Gasteiger partial charge in [0, 0.05) is 32.4 Å². The van der Waals surface area contributed by atoms with Crippen LogP contribution >= 0.6 is 0 Å². The van der Waals surface area contributed by atoms with E-state index in [-0.39, 0.29) is 5.91 Å². The predicted molar refractivity (Wildman–Crippen MR) is 78.4 cm³/mol. The van der Waals surface area contributed by atoms with Crippen molar-refractivity contribution in [1.82, 2.24) is 10.6 Å². The van der Waals surface area contributed by atoms with Gasteiger partial charge in [-0.05, 0) is 37.0 Å². The molecule has 0 fully saturated rings. The standard InChI is InChI=1S/C15H23N3O/c1-3-17-15(19)11-16-10-12-6-7-14-13(9-12)5-4-8-18(14)2/h6-7,9,16H,3-5,8,10-11H2,1-2H3,(H,17,19). The Kier molecular flexibility index (Phi) is 4.80. The quantitative estimate of drug-likeness (QED) is 0.839. The second-order valence-electron chi connectivity index (χ2n) is 5.05. The summed E-state index contributed by atoms with van der Waals surface area (Å²) >= 11 is 0. The van der Waals surface area contributed by atoms with Crippen LogP contribution in [0.4, 0.5) is 5.69 Å². The van der Waals surface area contributed by atoms with Crippen LogP contribution in [0.2, 0.25) is 0 Å². The molecule has 0 saturated heterocycles. The van der Waals surface area contributed by atoms with E-state index in [0.717, 1.165) is 19.5 Å². The fraction of sp³-hybridized carbons (Fsp3) is 0.533. The van der Waals surface area contributed by atoms with E-state index in [0.29, 0.717) is 13.1 Å². The molecule has 1 aromatic rings. The number of aryl methyl sites for hydroxylation is 1. The predicted octanol–water partition coefficient (Wildman–Crippen LogP) is 1.29. The van der Waals surface area contributed by atoms with Crippen molar-refractivity contribution in [2.24, 2.45) is 0 Å². The van der Waals surface area contributed by atoms with Crippen molar-refractivity contribution in [2.45, 2.75) is 26.3 Å². The summed E-state index contributed by atoms with van der Waals surface area (Å²) in [4.78, 5) is 13.6. The number of rotatable bonds is 5. The molecule has 1 aliphatic heterocycles. The highest BCUT2D eigenvalue weighted by Gasteiger charge is 2.13. The Labute approximate surface area is 115 Å². The first-order valence-electron chi connectivity index (χ1n) is 7.01. The van der Waals surface area contributed by atoms with Gasteiger partial charge in [0.2, 0.25) is 5.91 Å². The first kappa shape index (κ1) is 13.9. The van der Waals surface area contributed by atoms with E-state index in [4.69, 9.17) is 0 Å². The van der Waals surface area contributed by atoms with Gasteiger partial charge in [-0.15, -0.1) is 0 Å². The van der Waals surface area contributed by atoms with E-state index in [1.54, 1.807) is 0 Å². The third-order valence-corrected chi connectivity index (χ3v) is 3.48. The molecule has 1 heterocycles. The molecule has 0 radical (unpaired) electrons. The number of carbonyl (C=O) groups is 1. The molecule has 0 aliphatic carbocycles. The van der Waals surface area contributed by atoms with E-state index >= 15 is 0 Å². The Morgan fingerprint density at radius 1 is 1.42 bits per heavy atom. The summed E-state index contributed by atoms with van der Waals surface area (Å²) < 4.78 is 0. The van der Waals surface area contributed by atoms with E-state index < -0.39 is 0 Å². The Morgan fingerprint density at radius 3 is 3.05 bits per heavy atom. The maximum absolute atomic E-state index is 11.3. The van der Waals surface area contributed by atoms with E-state index in [1.807, 2.05) is 6.92 Å². The van der Waals surface area contributed by atoms with E-state index in [1.165, 1.54) is 23.2 Å². The van der Waals surface area contributed by atoms with Crippen LogP contribution in [-0.4, -0.2) is 32.6 Å². The van der Waals surface area contributed by atoms with Crippen LogP contribution in [0.25, 0.3) is 0 Å². The van der Waals surface area contributed by atoms with Gasteiger partial charge in [-0.3, -0.25) is 4.79 Å². The zero-order valence-electron chi connectivity index (χ0n) is 11.8. The van der Waals surface area contributed by atoms with Gasteiger partial charge in [-0.1, -0.05) is 12.1 Å². The molecule has 4 nitrogen and oxygen atoms in total. The Balaban J connectivity index is 1.90. The van der Waals surface area contributed by atoms with Crippen molar-refractivity contribution in [2.75, 3.05) is 31.6 Å². The average Bonchev–Trinajstić information content (AvgIpc) is 2.39. The molecular weight excluding hydrogens is 238 g/mol. The maximum atomic E-state index is 11.3. The van der Waals surface area contributed by atoms with Crippen LogP contribution < -0.4 is 15.5 Å². The lowest BCUT2D eigenvalue weighted by atomic mass is 9.99. The third kappa shape index (κ3) is 3.70. The lowest BCUT2D eigenvalue weighted by molar-refractivity contribution is -0.120. The molecule has 0 bridgehead atoms. The van der Waals surface area contributed by atoms with Crippen LogP contribution in [0.15, 0.2) is 18.2 Å². The fourth-order valence-corrected chi connectivity index (χ4v) is 2.53. The molecule has 1 aromatic carbocycles. The normalized spacial score (nSPS) is 14.1. The third-order valence-electron chi connectivity index (χ3n) is 3.48. The molecule has 104 valence electrons. The number of nitrogens with zero attached hydrogens (tertiary/aromatic N) is 1. The fourth-order valence-electron chi connectivity index (χ4n) is 2.53. The topological polar surface area (TPSA) is 44.4 Å². The van der Waals surface area contributed by atoms with Gasteiger partial charge in [-0.2, -0.15) is 0 Å². The molecule has 1 amide bonds. The minimum atomic E-state index is 0.0557. The van der Waals surface area contributed by atoms with Crippen LogP contribution in [0.1, 0.15) is 24.5 Å². The number of nitrogens with one attached hydrogen (secondary N) is 2. The Morgan fingerprint density at radius 2 is 2.26 bits per heavy atom. The number of anilines is 1. The summed E-state index contributed by atoms with van der Waals surface area (Å²) in [7, 11) is 2.14. The van der Waals surface area contributed by atoms with Gasteiger partial charge in [0.25, 0.3) is 0 Å². The lowest BCUT2D eigenvalue weighted by Crippen LogP contribution is -2.33. The summed E-state index contributed by atoms with van der Waals surface area (Å²) in [6.07, 6.45) is 2.38. The molecule has 0 unspecified atom stereocenters. The molecule has 0 atom stereocenters. The molecule has 0 aromatic heterocycles. The second-order valence-corrected chi connectivity index (χ2v) is 5.05. The minimum Gasteiger partial charge on any atom is -0.374 e. The summed E-state index contributed by atoms with van der Waals surface area (Å²) in [5.74, 6) is 0.0557. The highest BCUT2D eigenvalue weighted by Crippen LogP contribution is 2.26. The van der Waals surface area contributed by atoms with Crippen LogP contribution in [-0.2, 0) is 17.8 Å². The number of amides is 1. The molecule has 1 aliphatic rings. The van der Waals surface area contributed by atoms with Gasteiger partial charge in [0.1, 0.15) is 0 Å². The van der Waals surface area contributed by atoms with Crippen molar-refractivity contribution < 1.29 is 4.79 Å². The van der Waals surface area contributed by atoms with E-state index in [2.05, 4.69) is 40.8 Å². The number of hydrogen-bond donors (Lipinski definition) is 2. The SMILES string of the molecule is CCNC(=O)CNCc1ccc2c(c1)CCCN2C. The number of fused-ring (bicyclic) bond motifs is 1. The van der Waals surface area contributed by atoms with Gasteiger partial charge >= 0.3 is 0 Å². The van der Waals surface area contributed by atoms with Gasteiger partial charge < -0.3 is 15.5 Å². The Hall–Kier alpha value is -1.55. The summed E-state index contributed by atoms with van der Waals surface area (Å²) in [5.41, 5.74) is 4.02. The van der Waals surface area contributed by atoms with Crippen LogP contribution in [0, 0.1) is 0 Å². The zero-order valence-corrected chi connectivity index (χ0v) is 11.8. The smallest absolute Gasteiger partial charge is 0.233 e. The largest absolute Gasteiger partial charge is 0.374 e. The van der Waals surface area contributed by atoms with Gasteiger partial charge in [-0.25, -0.2) is 0 Å². The number of likely N-dealkylation sites (N-methyl/N-ethyl adjacent to an activating group) is 1. The summed E-state index contributed by atoms with van der Waals surface area (Å²) in [6, 6.07) is 6.60. The molecule has 2 rings (SSSR count). The molecular formula is C15H23N3O. The van der Waals surface area contributed by atoms with Crippen LogP contribution in [0.5, 0.6) is 0 Å². The van der Waals surface area contributed by atoms with Crippen LogP contribution in [0.3, 0.4) is 0 Å². The number of carbonyl (C=O) groups excluding carboxylic acids is 1. The van der Waals surface area contributed by atoms with Crippen molar-refractivity contribution >= 4 is 11.6 Å². The lowest BCUT2D eigenvalue weighted by Gasteiger charge is -2.27. The second kappa shape index (κ2) is 6.57. The van der Waals surface area contributed by atoms with Gasteiger partial charge in [0.15, 0.2) is 0 Å². The average molecular weight is 261 g/mol. The number of benzene rings is 1. The van der Waals surface area contributed by atoms with E-state index in [9.17, 15) is 4.79 Å². The summed E-state index contributed by atoms with van der Waals surface area (Å²) in [6.45, 7) is 4.88. The van der Waals surface area contributed by atoms with Crippen molar-refractivity contribution in [3.8, 4) is 0 Å².